The summed E-state index contributed by atoms with van der Waals surface area (Å²) in [6.07, 6.45) is 0.875. The average Bonchev–Trinajstić information content (AvgIpc) is 2.74. The lowest BCUT2D eigenvalue weighted by Gasteiger charge is -2.35. The second-order valence-electron chi connectivity index (χ2n) is 6.47. The van der Waals surface area contributed by atoms with E-state index < -0.39 is 10.0 Å². The Morgan fingerprint density at radius 2 is 1.68 bits per heavy atom. The third-order valence-electron chi connectivity index (χ3n) is 4.68. The number of piperazine rings is 1. The van der Waals surface area contributed by atoms with Crippen LogP contribution >= 0.6 is 12.2 Å². The van der Waals surface area contributed by atoms with Crippen molar-refractivity contribution in [3.8, 4) is 6.07 Å². The van der Waals surface area contributed by atoms with Crippen LogP contribution in [0.5, 0.6) is 0 Å². The molecule has 0 saturated carbocycles. The zero-order chi connectivity index (χ0) is 20.0. The highest BCUT2D eigenvalue weighted by molar-refractivity contribution is 7.89. The molecule has 1 saturated heterocycles. The van der Waals surface area contributed by atoms with E-state index in [9.17, 15) is 13.7 Å². The Morgan fingerprint density at radius 3 is 2.36 bits per heavy atom. The van der Waals surface area contributed by atoms with Crippen LogP contribution in [0.25, 0.3) is 0 Å². The summed E-state index contributed by atoms with van der Waals surface area (Å²) in [6.45, 7) is 2.44. The maximum Gasteiger partial charge on any atom is 0.244 e. The highest BCUT2D eigenvalue weighted by atomic mass is 32.2. The summed E-state index contributed by atoms with van der Waals surface area (Å²) in [5, 5.41) is 13.1. The summed E-state index contributed by atoms with van der Waals surface area (Å²) >= 11 is 5.46. The van der Waals surface area contributed by atoms with Crippen LogP contribution in [-0.4, -0.2) is 55.5 Å². The monoisotopic (exact) mass is 414 g/mol. The summed E-state index contributed by atoms with van der Waals surface area (Å²) in [7, 11) is -3.69. The molecule has 1 N–H and O–H groups in total. The van der Waals surface area contributed by atoms with E-state index >= 15 is 0 Å². The second-order valence-corrected chi connectivity index (χ2v) is 8.76. The summed E-state index contributed by atoms with van der Waals surface area (Å²) < 4.78 is 27.2. The van der Waals surface area contributed by atoms with Crippen LogP contribution in [0.1, 0.15) is 11.1 Å². The average molecular weight is 415 g/mol. The summed E-state index contributed by atoms with van der Waals surface area (Å²) in [5.41, 5.74) is 1.41. The first kappa shape index (κ1) is 20.3. The number of hydrogen-bond acceptors (Lipinski definition) is 4. The lowest BCUT2D eigenvalue weighted by molar-refractivity contribution is 0.264. The van der Waals surface area contributed by atoms with Gasteiger partial charge in [-0.25, -0.2) is 8.42 Å². The Kier molecular flexibility index (Phi) is 6.62. The minimum absolute atomic E-state index is 0.0644. The number of sulfonamides is 1. The van der Waals surface area contributed by atoms with Gasteiger partial charge in [-0.05, 0) is 36.3 Å². The van der Waals surface area contributed by atoms with Gasteiger partial charge in [-0.1, -0.05) is 42.5 Å². The Bertz CT molecular complexity index is 963. The van der Waals surface area contributed by atoms with Crippen molar-refractivity contribution in [3.05, 3.63) is 65.7 Å². The third-order valence-corrected chi connectivity index (χ3v) is 7.04. The molecular weight excluding hydrogens is 392 g/mol. The van der Waals surface area contributed by atoms with E-state index in [4.69, 9.17) is 12.2 Å². The molecule has 0 spiro atoms. The van der Waals surface area contributed by atoms with E-state index in [1.165, 1.54) is 22.0 Å². The van der Waals surface area contributed by atoms with Crippen molar-refractivity contribution in [1.82, 2.24) is 14.5 Å². The largest absolute Gasteiger partial charge is 0.362 e. The molecular formula is C20H22N4O2S2. The van der Waals surface area contributed by atoms with Gasteiger partial charge in [0.15, 0.2) is 5.11 Å². The van der Waals surface area contributed by atoms with Gasteiger partial charge in [-0.15, -0.1) is 0 Å². The number of nitrogens with one attached hydrogen (secondary N) is 1. The minimum Gasteiger partial charge on any atom is -0.362 e. The predicted molar refractivity (Wildman–Crippen MR) is 112 cm³/mol. The number of rotatable bonds is 5. The third kappa shape index (κ3) is 4.68. The van der Waals surface area contributed by atoms with Gasteiger partial charge in [0.1, 0.15) is 6.07 Å². The minimum atomic E-state index is -3.69. The summed E-state index contributed by atoms with van der Waals surface area (Å²) in [5.74, 6) is 0. The fourth-order valence-electron chi connectivity index (χ4n) is 3.12. The number of nitriles is 1. The molecule has 0 aromatic heterocycles. The standard InChI is InChI=1S/C20H22N4O2S2/c21-16-18-8-4-5-9-19(18)28(25,26)24-14-12-23(13-15-24)20(27)22-11-10-17-6-2-1-3-7-17/h1-9H,10-15H2,(H,22,27). The number of hydrogen-bond donors (Lipinski definition) is 1. The Balaban J connectivity index is 1.54. The van der Waals surface area contributed by atoms with Crippen LogP contribution in [0.3, 0.4) is 0 Å². The Hall–Kier alpha value is -2.47. The molecule has 2 aromatic rings. The lowest BCUT2D eigenvalue weighted by atomic mass is 10.1. The molecule has 1 heterocycles. The smallest absolute Gasteiger partial charge is 0.244 e. The fraction of sp³-hybridized carbons (Fsp3) is 0.300. The number of thiocarbonyl (C=S) groups is 1. The van der Waals surface area contributed by atoms with Gasteiger partial charge in [-0.2, -0.15) is 9.57 Å². The van der Waals surface area contributed by atoms with E-state index in [1.54, 1.807) is 12.1 Å². The second kappa shape index (κ2) is 9.15. The molecule has 1 aliphatic heterocycles. The Labute approximate surface area is 171 Å². The molecule has 0 bridgehead atoms. The van der Waals surface area contributed by atoms with Crippen molar-refractivity contribution >= 4 is 27.4 Å². The van der Waals surface area contributed by atoms with E-state index in [0.29, 0.717) is 31.3 Å². The first-order valence-electron chi connectivity index (χ1n) is 9.08. The number of benzene rings is 2. The molecule has 0 atom stereocenters. The fourth-order valence-corrected chi connectivity index (χ4v) is 4.97. The van der Waals surface area contributed by atoms with Gasteiger partial charge in [0, 0.05) is 32.7 Å². The first-order valence-corrected chi connectivity index (χ1v) is 10.9. The van der Waals surface area contributed by atoms with Gasteiger partial charge in [0.05, 0.1) is 10.5 Å². The van der Waals surface area contributed by atoms with Gasteiger partial charge >= 0.3 is 0 Å². The van der Waals surface area contributed by atoms with Crippen molar-refractivity contribution < 1.29 is 8.42 Å². The molecule has 3 rings (SSSR count). The molecule has 6 nitrogen and oxygen atoms in total. The molecule has 28 heavy (non-hydrogen) atoms. The molecule has 146 valence electrons. The number of nitrogens with zero attached hydrogens (tertiary/aromatic N) is 3. The van der Waals surface area contributed by atoms with Crippen molar-refractivity contribution in [1.29, 1.82) is 5.26 Å². The van der Waals surface area contributed by atoms with Crippen LogP contribution < -0.4 is 5.32 Å². The topological polar surface area (TPSA) is 76.4 Å². The Morgan fingerprint density at radius 1 is 1.04 bits per heavy atom. The molecule has 2 aromatic carbocycles. The first-order chi connectivity index (χ1) is 13.5. The van der Waals surface area contributed by atoms with Crippen molar-refractivity contribution in [2.45, 2.75) is 11.3 Å². The molecule has 8 heteroatoms. The van der Waals surface area contributed by atoms with Gasteiger partial charge < -0.3 is 10.2 Å². The SMILES string of the molecule is N#Cc1ccccc1S(=O)(=O)N1CCN(C(=S)NCCc2ccccc2)CC1. The molecule has 0 unspecified atom stereocenters. The highest BCUT2D eigenvalue weighted by Gasteiger charge is 2.30. The van der Waals surface area contributed by atoms with Crippen molar-refractivity contribution in [2.75, 3.05) is 32.7 Å². The molecule has 0 radical (unpaired) electrons. The summed E-state index contributed by atoms with van der Waals surface area (Å²) in [6, 6.07) is 18.4. The normalized spacial score (nSPS) is 15.0. The quantitative estimate of drug-likeness (QED) is 0.754. The van der Waals surface area contributed by atoms with E-state index in [0.717, 1.165) is 13.0 Å². The van der Waals surface area contributed by atoms with Crippen molar-refractivity contribution in [2.24, 2.45) is 0 Å². The van der Waals surface area contributed by atoms with Gasteiger partial charge in [-0.3, -0.25) is 0 Å². The molecule has 1 aliphatic rings. The summed E-state index contributed by atoms with van der Waals surface area (Å²) in [4.78, 5) is 2.05. The van der Waals surface area contributed by atoms with Gasteiger partial charge in [0.25, 0.3) is 0 Å². The zero-order valence-electron chi connectivity index (χ0n) is 15.4. The van der Waals surface area contributed by atoms with Crippen LogP contribution in [0.4, 0.5) is 0 Å². The van der Waals surface area contributed by atoms with Crippen LogP contribution in [0.15, 0.2) is 59.5 Å². The van der Waals surface area contributed by atoms with Gasteiger partial charge in [0.2, 0.25) is 10.0 Å². The van der Waals surface area contributed by atoms with E-state index in [-0.39, 0.29) is 10.5 Å². The van der Waals surface area contributed by atoms with Crippen LogP contribution in [0, 0.1) is 11.3 Å². The zero-order valence-corrected chi connectivity index (χ0v) is 17.0. The maximum atomic E-state index is 12.9. The maximum absolute atomic E-state index is 12.9. The highest BCUT2D eigenvalue weighted by Crippen LogP contribution is 2.21. The van der Waals surface area contributed by atoms with Crippen LogP contribution in [0.2, 0.25) is 0 Å². The lowest BCUT2D eigenvalue weighted by Crippen LogP contribution is -2.53. The van der Waals surface area contributed by atoms with Crippen LogP contribution in [-0.2, 0) is 16.4 Å². The van der Waals surface area contributed by atoms with E-state index in [1.807, 2.05) is 29.2 Å². The van der Waals surface area contributed by atoms with Crippen molar-refractivity contribution in [3.63, 3.8) is 0 Å². The molecule has 1 fully saturated rings. The van der Waals surface area contributed by atoms with E-state index in [2.05, 4.69) is 17.4 Å². The molecule has 0 aliphatic carbocycles. The predicted octanol–water partition coefficient (Wildman–Crippen LogP) is 1.98. The molecule has 0 amide bonds.